The Morgan fingerprint density at radius 3 is 2.61 bits per heavy atom. The fourth-order valence-corrected chi connectivity index (χ4v) is 2.63. The second-order valence-corrected chi connectivity index (χ2v) is 4.73. The number of phenols is 2. The van der Waals surface area contributed by atoms with Crippen LogP contribution in [-0.2, 0) is 0 Å². The Kier molecular flexibility index (Phi) is 3.75. The molecule has 0 atom stereocenters. The van der Waals surface area contributed by atoms with E-state index >= 15 is 0 Å². The third-order valence-corrected chi connectivity index (χ3v) is 3.58. The van der Waals surface area contributed by atoms with E-state index in [4.69, 9.17) is 0 Å². The molecule has 2 N–H and O–H groups in total. The minimum atomic E-state index is -0.196. The molecular weight excluding hydrogens is 230 g/mol. The molecule has 0 aliphatic heterocycles. The smallest absolute Gasteiger partial charge is 0.257 e. The van der Waals surface area contributed by atoms with Crippen molar-refractivity contribution in [3.8, 4) is 11.5 Å². The van der Waals surface area contributed by atoms with E-state index in [0.29, 0.717) is 6.54 Å². The van der Waals surface area contributed by atoms with Gasteiger partial charge in [0.1, 0.15) is 11.5 Å². The van der Waals surface area contributed by atoms with Crippen molar-refractivity contribution in [2.75, 3.05) is 6.54 Å². The third kappa shape index (κ3) is 2.42. The van der Waals surface area contributed by atoms with Gasteiger partial charge in [0.05, 0.1) is 5.56 Å². The predicted octanol–water partition coefficient (Wildman–Crippen LogP) is 2.50. The summed E-state index contributed by atoms with van der Waals surface area (Å²) in [4.78, 5) is 14.2. The summed E-state index contributed by atoms with van der Waals surface area (Å²) in [7, 11) is 0. The molecule has 1 amide bonds. The van der Waals surface area contributed by atoms with E-state index < -0.39 is 0 Å². The topological polar surface area (TPSA) is 60.8 Å². The number of carbonyl (C=O) groups excluding carboxylic acids is 1. The second kappa shape index (κ2) is 5.29. The molecule has 1 aliphatic carbocycles. The lowest BCUT2D eigenvalue weighted by molar-refractivity contribution is 0.0690. The summed E-state index contributed by atoms with van der Waals surface area (Å²) in [6.45, 7) is 2.56. The monoisotopic (exact) mass is 249 g/mol. The molecule has 4 nitrogen and oxygen atoms in total. The van der Waals surface area contributed by atoms with E-state index in [0.717, 1.165) is 25.7 Å². The Morgan fingerprint density at radius 1 is 1.33 bits per heavy atom. The highest BCUT2D eigenvalue weighted by atomic mass is 16.3. The summed E-state index contributed by atoms with van der Waals surface area (Å²) < 4.78 is 0. The van der Waals surface area contributed by atoms with Gasteiger partial charge in [-0.15, -0.1) is 0 Å². The van der Waals surface area contributed by atoms with Gasteiger partial charge in [-0.25, -0.2) is 0 Å². The maximum atomic E-state index is 12.4. The van der Waals surface area contributed by atoms with Crippen LogP contribution in [0.4, 0.5) is 0 Å². The lowest BCUT2D eigenvalue weighted by Crippen LogP contribution is -2.38. The van der Waals surface area contributed by atoms with Gasteiger partial charge in [-0.1, -0.05) is 12.8 Å². The summed E-state index contributed by atoms with van der Waals surface area (Å²) >= 11 is 0. The average molecular weight is 249 g/mol. The van der Waals surface area contributed by atoms with Gasteiger partial charge in [0.25, 0.3) is 5.91 Å². The molecular formula is C14H19NO3. The van der Waals surface area contributed by atoms with Crippen molar-refractivity contribution < 1.29 is 15.0 Å². The molecule has 0 saturated heterocycles. The van der Waals surface area contributed by atoms with Crippen molar-refractivity contribution in [3.63, 3.8) is 0 Å². The van der Waals surface area contributed by atoms with Crippen molar-refractivity contribution in [1.82, 2.24) is 4.90 Å². The number of amides is 1. The van der Waals surface area contributed by atoms with Gasteiger partial charge in [-0.3, -0.25) is 4.79 Å². The molecule has 0 bridgehead atoms. The molecule has 0 unspecified atom stereocenters. The number of rotatable bonds is 3. The van der Waals surface area contributed by atoms with E-state index in [1.165, 1.54) is 18.2 Å². The minimum Gasteiger partial charge on any atom is -0.508 e. The molecule has 1 aromatic carbocycles. The zero-order valence-electron chi connectivity index (χ0n) is 10.6. The van der Waals surface area contributed by atoms with Crippen LogP contribution in [0.3, 0.4) is 0 Å². The first-order valence-electron chi connectivity index (χ1n) is 6.46. The summed E-state index contributed by atoms with van der Waals surface area (Å²) in [5.74, 6) is -0.273. The molecule has 2 rings (SSSR count). The summed E-state index contributed by atoms with van der Waals surface area (Å²) in [6.07, 6.45) is 4.36. The fraction of sp³-hybridized carbons (Fsp3) is 0.500. The Bertz CT molecular complexity index is 439. The van der Waals surface area contributed by atoms with Gasteiger partial charge in [0, 0.05) is 12.6 Å². The molecule has 1 saturated carbocycles. The summed E-state index contributed by atoms with van der Waals surface area (Å²) in [5.41, 5.74) is 0.184. The highest BCUT2D eigenvalue weighted by molar-refractivity contribution is 5.97. The van der Waals surface area contributed by atoms with Crippen molar-refractivity contribution in [2.24, 2.45) is 0 Å². The maximum Gasteiger partial charge on any atom is 0.257 e. The number of nitrogens with zero attached hydrogens (tertiary/aromatic N) is 1. The van der Waals surface area contributed by atoms with Gasteiger partial charge in [0.2, 0.25) is 0 Å². The molecule has 1 aliphatic rings. The molecule has 0 spiro atoms. The van der Waals surface area contributed by atoms with Crippen LogP contribution in [0.15, 0.2) is 18.2 Å². The van der Waals surface area contributed by atoms with Crippen molar-refractivity contribution in [3.05, 3.63) is 23.8 Å². The van der Waals surface area contributed by atoms with E-state index in [-0.39, 0.29) is 29.0 Å². The molecule has 0 radical (unpaired) electrons. The molecule has 98 valence electrons. The lowest BCUT2D eigenvalue weighted by atomic mass is 10.1. The second-order valence-electron chi connectivity index (χ2n) is 4.73. The quantitative estimate of drug-likeness (QED) is 0.809. The highest BCUT2D eigenvalue weighted by Crippen LogP contribution is 2.28. The van der Waals surface area contributed by atoms with Crippen LogP contribution in [0.5, 0.6) is 11.5 Å². The van der Waals surface area contributed by atoms with Gasteiger partial charge in [-0.2, -0.15) is 0 Å². The van der Waals surface area contributed by atoms with Crippen LogP contribution in [0.2, 0.25) is 0 Å². The standard InChI is InChI=1S/C14H19NO3/c1-2-15(10-5-3-4-6-10)14(18)12-9-11(16)7-8-13(12)17/h7-10,16-17H,2-6H2,1H3. The molecule has 4 heteroatoms. The lowest BCUT2D eigenvalue weighted by Gasteiger charge is -2.28. The Balaban J connectivity index is 2.25. The first kappa shape index (κ1) is 12.7. The first-order chi connectivity index (χ1) is 8.63. The number of hydrogen-bond acceptors (Lipinski definition) is 3. The molecule has 1 fully saturated rings. The van der Waals surface area contributed by atoms with Crippen LogP contribution in [0.1, 0.15) is 43.0 Å². The molecule has 18 heavy (non-hydrogen) atoms. The Hall–Kier alpha value is -1.71. The molecule has 0 aromatic heterocycles. The number of carbonyl (C=O) groups is 1. The van der Waals surface area contributed by atoms with Crippen molar-refractivity contribution >= 4 is 5.91 Å². The predicted molar refractivity (Wildman–Crippen MR) is 68.7 cm³/mol. The zero-order chi connectivity index (χ0) is 13.1. The average Bonchev–Trinajstić information content (AvgIpc) is 2.87. The Morgan fingerprint density at radius 2 is 2.00 bits per heavy atom. The zero-order valence-corrected chi connectivity index (χ0v) is 10.6. The normalized spacial score (nSPS) is 15.8. The summed E-state index contributed by atoms with van der Waals surface area (Å²) in [5, 5.41) is 19.2. The largest absolute Gasteiger partial charge is 0.508 e. The number of benzene rings is 1. The van der Waals surface area contributed by atoms with Crippen LogP contribution in [-0.4, -0.2) is 33.6 Å². The van der Waals surface area contributed by atoms with Gasteiger partial charge < -0.3 is 15.1 Å². The van der Waals surface area contributed by atoms with Crippen molar-refractivity contribution in [2.45, 2.75) is 38.6 Å². The molecule has 1 aromatic rings. The first-order valence-corrected chi connectivity index (χ1v) is 6.46. The van der Waals surface area contributed by atoms with Gasteiger partial charge >= 0.3 is 0 Å². The fourth-order valence-electron chi connectivity index (χ4n) is 2.63. The van der Waals surface area contributed by atoms with Crippen molar-refractivity contribution in [1.29, 1.82) is 0 Å². The maximum absolute atomic E-state index is 12.4. The highest BCUT2D eigenvalue weighted by Gasteiger charge is 2.27. The van der Waals surface area contributed by atoms with E-state index in [1.54, 1.807) is 4.90 Å². The number of phenolic OH excluding ortho intramolecular Hbond substituents is 2. The van der Waals surface area contributed by atoms with E-state index in [1.807, 2.05) is 6.92 Å². The number of aromatic hydroxyl groups is 2. The molecule has 0 heterocycles. The number of hydrogen-bond donors (Lipinski definition) is 2. The van der Waals surface area contributed by atoms with Crippen LogP contribution in [0.25, 0.3) is 0 Å². The van der Waals surface area contributed by atoms with Gasteiger partial charge in [-0.05, 0) is 38.0 Å². The van der Waals surface area contributed by atoms with Crippen LogP contribution in [0, 0.1) is 0 Å². The van der Waals surface area contributed by atoms with Crippen LogP contribution >= 0.6 is 0 Å². The van der Waals surface area contributed by atoms with E-state index in [2.05, 4.69) is 0 Å². The SMILES string of the molecule is CCN(C(=O)c1cc(O)ccc1O)C1CCCC1. The third-order valence-electron chi connectivity index (χ3n) is 3.58. The van der Waals surface area contributed by atoms with E-state index in [9.17, 15) is 15.0 Å². The minimum absolute atomic E-state index is 0.00127. The van der Waals surface area contributed by atoms with Crippen LogP contribution < -0.4 is 0 Å². The Labute approximate surface area is 107 Å². The summed E-state index contributed by atoms with van der Waals surface area (Å²) in [6, 6.07) is 4.32. The van der Waals surface area contributed by atoms with Gasteiger partial charge in [0.15, 0.2) is 0 Å².